The minimum atomic E-state index is -3.85. The van der Waals surface area contributed by atoms with Crippen molar-refractivity contribution in [3.05, 3.63) is 52.9 Å². The van der Waals surface area contributed by atoms with Crippen molar-refractivity contribution in [2.75, 3.05) is 6.26 Å². The van der Waals surface area contributed by atoms with Crippen molar-refractivity contribution in [2.45, 2.75) is 62.5 Å². The molecule has 9 nitrogen and oxygen atoms in total. The van der Waals surface area contributed by atoms with E-state index in [0.29, 0.717) is 24.2 Å². The first-order chi connectivity index (χ1) is 15.5. The topological polar surface area (TPSA) is 135 Å². The number of hydrogen-bond donors (Lipinski definition) is 3. The summed E-state index contributed by atoms with van der Waals surface area (Å²) in [7, 11) is -3.85. The molecule has 180 valence electrons. The highest BCUT2D eigenvalue weighted by Gasteiger charge is 2.43. The number of ether oxygens (including phenoxy) is 1. The molecule has 1 heterocycles. The van der Waals surface area contributed by atoms with E-state index >= 15 is 0 Å². The van der Waals surface area contributed by atoms with Gasteiger partial charge in [-0.15, -0.1) is 0 Å². The third kappa shape index (κ3) is 5.63. The molecule has 10 heteroatoms. The van der Waals surface area contributed by atoms with Crippen LogP contribution in [0.25, 0.3) is 11.1 Å². The van der Waals surface area contributed by atoms with Crippen LogP contribution in [0.3, 0.4) is 0 Å². The average molecular weight is 479 g/mol. The first-order valence-corrected chi connectivity index (χ1v) is 12.7. The number of aromatic nitrogens is 1. The van der Waals surface area contributed by atoms with E-state index in [1.807, 2.05) is 24.3 Å². The zero-order chi connectivity index (χ0) is 24.2. The maximum absolute atomic E-state index is 12.8. The van der Waals surface area contributed by atoms with Crippen LogP contribution in [0.4, 0.5) is 0 Å². The Morgan fingerprint density at radius 3 is 2.48 bits per heavy atom. The smallest absolute Gasteiger partial charge is 0.264 e. The SMILES string of the molecule is C[C@@](CCn1ccc(-c2ccccc2OC2CCC(O)CC2)cc1=O)(C(=O)NO)S(C)(=O)=O. The molecular formula is C23H30N2O7S. The van der Waals surface area contributed by atoms with Gasteiger partial charge in [-0.2, -0.15) is 0 Å². The summed E-state index contributed by atoms with van der Waals surface area (Å²) in [6.07, 6.45) is 4.91. The van der Waals surface area contributed by atoms with Crippen LogP contribution in [0.5, 0.6) is 5.75 Å². The zero-order valence-corrected chi connectivity index (χ0v) is 19.5. The van der Waals surface area contributed by atoms with Gasteiger partial charge in [0, 0.05) is 30.6 Å². The number of aliphatic hydroxyl groups is 1. The Kier molecular flexibility index (Phi) is 7.61. The fourth-order valence-corrected chi connectivity index (χ4v) is 4.77. The van der Waals surface area contributed by atoms with E-state index < -0.39 is 20.5 Å². The van der Waals surface area contributed by atoms with Crippen LogP contribution in [-0.2, 0) is 21.2 Å². The molecule has 1 fully saturated rings. The summed E-state index contributed by atoms with van der Waals surface area (Å²) >= 11 is 0. The minimum Gasteiger partial charge on any atom is -0.490 e. The van der Waals surface area contributed by atoms with E-state index in [-0.39, 0.29) is 30.7 Å². The molecule has 0 bridgehead atoms. The van der Waals surface area contributed by atoms with Crippen LogP contribution < -0.4 is 15.8 Å². The lowest BCUT2D eigenvalue weighted by molar-refractivity contribution is -0.131. The van der Waals surface area contributed by atoms with Gasteiger partial charge in [0.1, 0.15) is 5.75 Å². The van der Waals surface area contributed by atoms with E-state index in [4.69, 9.17) is 9.94 Å². The van der Waals surface area contributed by atoms with Gasteiger partial charge in [0.25, 0.3) is 11.5 Å². The molecule has 0 saturated heterocycles. The number of sulfone groups is 1. The Morgan fingerprint density at radius 1 is 1.21 bits per heavy atom. The normalized spacial score (nSPS) is 20.6. The van der Waals surface area contributed by atoms with Crippen molar-refractivity contribution in [3.8, 4) is 16.9 Å². The maximum atomic E-state index is 12.8. The molecule has 0 unspecified atom stereocenters. The van der Waals surface area contributed by atoms with Gasteiger partial charge >= 0.3 is 0 Å². The number of para-hydroxylation sites is 1. The number of rotatable bonds is 8. The molecule has 3 rings (SSSR count). The van der Waals surface area contributed by atoms with Gasteiger partial charge < -0.3 is 14.4 Å². The van der Waals surface area contributed by atoms with Crippen LogP contribution >= 0.6 is 0 Å². The molecule has 1 saturated carbocycles. The highest BCUT2D eigenvalue weighted by Crippen LogP contribution is 2.32. The first kappa shape index (κ1) is 24.9. The van der Waals surface area contributed by atoms with E-state index in [1.165, 1.54) is 23.0 Å². The molecule has 2 aromatic rings. The molecule has 33 heavy (non-hydrogen) atoms. The third-order valence-electron chi connectivity index (χ3n) is 6.36. The molecule has 0 aliphatic heterocycles. The maximum Gasteiger partial charge on any atom is 0.264 e. The number of pyridine rings is 1. The molecule has 1 aromatic heterocycles. The number of nitrogens with one attached hydrogen (secondary N) is 1. The number of amides is 1. The van der Waals surface area contributed by atoms with Crippen molar-refractivity contribution in [1.82, 2.24) is 10.0 Å². The standard InChI is InChI=1S/C23H30N2O7S/c1-23(22(28)24-29,33(2,30)31)12-14-25-13-11-16(15-21(25)27)19-5-3-4-6-20(19)32-18-9-7-17(26)8-10-18/h3-6,11,13,15,17-18,26,29H,7-10,12,14H2,1-2H3,(H,24,28)/t17?,18?,23-/m1/s1. The number of aliphatic hydroxyl groups excluding tert-OH is 1. The van der Waals surface area contributed by atoms with Crippen LogP contribution in [0, 0.1) is 0 Å². The highest BCUT2D eigenvalue weighted by molar-refractivity contribution is 7.92. The van der Waals surface area contributed by atoms with Crippen molar-refractivity contribution in [3.63, 3.8) is 0 Å². The Labute approximate surface area is 192 Å². The number of carbonyl (C=O) groups is 1. The Morgan fingerprint density at radius 2 is 1.88 bits per heavy atom. The fourth-order valence-electron chi connectivity index (χ4n) is 3.93. The van der Waals surface area contributed by atoms with E-state index in [0.717, 1.165) is 24.7 Å². The number of hydroxylamine groups is 1. The van der Waals surface area contributed by atoms with Gasteiger partial charge in [0.05, 0.1) is 12.2 Å². The van der Waals surface area contributed by atoms with Crippen LogP contribution in [-0.4, -0.2) is 52.4 Å². The summed E-state index contributed by atoms with van der Waals surface area (Å²) in [6, 6.07) is 10.6. The molecule has 0 spiro atoms. The summed E-state index contributed by atoms with van der Waals surface area (Å²) in [5, 5.41) is 18.7. The zero-order valence-electron chi connectivity index (χ0n) is 18.7. The summed E-state index contributed by atoms with van der Waals surface area (Å²) < 4.78 is 29.9. The first-order valence-electron chi connectivity index (χ1n) is 10.8. The van der Waals surface area contributed by atoms with Crippen molar-refractivity contribution < 1.29 is 28.3 Å². The number of hydrogen-bond acceptors (Lipinski definition) is 7. The Hall–Kier alpha value is -2.69. The second-order valence-corrected chi connectivity index (χ2v) is 11.1. The quantitative estimate of drug-likeness (QED) is 0.389. The Bertz CT molecular complexity index is 1150. The second-order valence-electron chi connectivity index (χ2n) is 8.69. The number of carbonyl (C=O) groups excluding carboxylic acids is 1. The van der Waals surface area contributed by atoms with Gasteiger partial charge in [-0.05, 0) is 56.7 Å². The van der Waals surface area contributed by atoms with Crippen LogP contribution in [0.1, 0.15) is 39.0 Å². The summed E-state index contributed by atoms with van der Waals surface area (Å²) in [5.74, 6) is -0.392. The van der Waals surface area contributed by atoms with Gasteiger partial charge in [0.2, 0.25) is 0 Å². The monoisotopic (exact) mass is 478 g/mol. The molecule has 1 aliphatic carbocycles. The lowest BCUT2D eigenvalue weighted by Gasteiger charge is -2.27. The average Bonchev–Trinajstić information content (AvgIpc) is 2.78. The number of nitrogens with zero attached hydrogens (tertiary/aromatic N) is 1. The molecule has 1 atom stereocenters. The van der Waals surface area contributed by atoms with Gasteiger partial charge in [-0.1, -0.05) is 18.2 Å². The minimum absolute atomic E-state index is 0.00117. The van der Waals surface area contributed by atoms with Gasteiger partial charge in [0.15, 0.2) is 14.6 Å². The molecule has 1 aliphatic rings. The molecule has 1 amide bonds. The fraction of sp³-hybridized carbons (Fsp3) is 0.478. The lowest BCUT2D eigenvalue weighted by atomic mass is 9.95. The van der Waals surface area contributed by atoms with Crippen molar-refractivity contribution in [1.29, 1.82) is 0 Å². The van der Waals surface area contributed by atoms with Crippen molar-refractivity contribution in [2.24, 2.45) is 0 Å². The second kappa shape index (κ2) is 10.1. The number of aryl methyl sites for hydroxylation is 1. The molecule has 1 aromatic carbocycles. The van der Waals surface area contributed by atoms with Gasteiger partial charge in [-0.3, -0.25) is 14.8 Å². The van der Waals surface area contributed by atoms with E-state index in [9.17, 15) is 23.1 Å². The largest absolute Gasteiger partial charge is 0.490 e. The van der Waals surface area contributed by atoms with Crippen LogP contribution in [0.15, 0.2) is 47.4 Å². The summed E-state index contributed by atoms with van der Waals surface area (Å²) in [5.41, 5.74) is 2.46. The predicted molar refractivity (Wildman–Crippen MR) is 123 cm³/mol. The van der Waals surface area contributed by atoms with E-state index in [2.05, 4.69) is 0 Å². The van der Waals surface area contributed by atoms with Gasteiger partial charge in [-0.25, -0.2) is 13.9 Å². The predicted octanol–water partition coefficient (Wildman–Crippen LogP) is 1.90. The molecule has 3 N–H and O–H groups in total. The Balaban J connectivity index is 1.80. The van der Waals surface area contributed by atoms with Crippen molar-refractivity contribution >= 4 is 15.7 Å². The van der Waals surface area contributed by atoms with E-state index in [1.54, 1.807) is 12.3 Å². The molecular weight excluding hydrogens is 448 g/mol. The number of benzene rings is 1. The highest BCUT2D eigenvalue weighted by atomic mass is 32.2. The summed E-state index contributed by atoms with van der Waals surface area (Å²) in [4.78, 5) is 24.7. The molecule has 0 radical (unpaired) electrons. The third-order valence-corrected chi connectivity index (χ3v) is 8.39. The summed E-state index contributed by atoms with van der Waals surface area (Å²) in [6.45, 7) is 1.18. The lowest BCUT2D eigenvalue weighted by Crippen LogP contribution is -2.49. The van der Waals surface area contributed by atoms with Crippen LogP contribution in [0.2, 0.25) is 0 Å².